The lowest BCUT2D eigenvalue weighted by Gasteiger charge is -2.45. The number of piperidine rings is 1. The Labute approximate surface area is 248 Å². The van der Waals surface area contributed by atoms with E-state index in [0.717, 1.165) is 37.2 Å². The Bertz CT molecular complexity index is 1190. The van der Waals surface area contributed by atoms with Crippen LogP contribution in [0, 0.1) is 11.8 Å². The first kappa shape index (κ1) is 27.8. The first-order chi connectivity index (χ1) is 19.1. The Kier molecular flexibility index (Phi) is 8.99. The van der Waals surface area contributed by atoms with E-state index in [1.54, 1.807) is 0 Å². The topological polar surface area (TPSA) is 15.7 Å². The second kappa shape index (κ2) is 12.6. The Morgan fingerprint density at radius 1 is 0.949 bits per heavy atom. The van der Waals surface area contributed by atoms with Gasteiger partial charge in [-0.05, 0) is 109 Å². The lowest BCUT2D eigenvalue weighted by Crippen LogP contribution is -2.45. The molecule has 1 aromatic heterocycles. The van der Waals surface area contributed by atoms with Crippen molar-refractivity contribution in [2.24, 2.45) is 11.8 Å². The predicted molar refractivity (Wildman–Crippen MR) is 164 cm³/mol. The monoisotopic (exact) mass is 582 g/mol. The normalized spacial score (nSPS) is 24.2. The van der Waals surface area contributed by atoms with Gasteiger partial charge in [0.2, 0.25) is 0 Å². The van der Waals surface area contributed by atoms with Gasteiger partial charge in [0.25, 0.3) is 0 Å². The average molecular weight is 584 g/mol. The van der Waals surface area contributed by atoms with Gasteiger partial charge in [-0.2, -0.15) is 11.3 Å². The molecular weight excluding hydrogens is 543 g/mol. The SMILES string of the molecule is Clc1ccc(CN2CC(CN3CCC(CC4(OCc5ccccc5)CCC4)CC3)[C@@H](c3ccsc3)C2)c(Cl)c1. The minimum Gasteiger partial charge on any atom is -0.370 e. The van der Waals surface area contributed by atoms with Crippen LogP contribution in [0.2, 0.25) is 10.0 Å². The summed E-state index contributed by atoms with van der Waals surface area (Å²) in [6.07, 6.45) is 7.63. The van der Waals surface area contributed by atoms with Gasteiger partial charge in [-0.15, -0.1) is 0 Å². The molecule has 0 N–H and O–H groups in total. The van der Waals surface area contributed by atoms with Crippen molar-refractivity contribution in [3.05, 3.63) is 92.1 Å². The van der Waals surface area contributed by atoms with Crippen molar-refractivity contribution in [1.82, 2.24) is 9.80 Å². The minimum atomic E-state index is 0.127. The van der Waals surface area contributed by atoms with Crippen LogP contribution in [0.15, 0.2) is 65.4 Å². The van der Waals surface area contributed by atoms with Crippen LogP contribution >= 0.6 is 34.5 Å². The van der Waals surface area contributed by atoms with Gasteiger partial charge in [-0.1, -0.05) is 59.6 Å². The summed E-state index contributed by atoms with van der Waals surface area (Å²) < 4.78 is 6.58. The van der Waals surface area contributed by atoms with E-state index in [0.29, 0.717) is 16.9 Å². The van der Waals surface area contributed by atoms with Crippen LogP contribution < -0.4 is 0 Å². The van der Waals surface area contributed by atoms with Crippen LogP contribution in [0.3, 0.4) is 0 Å². The van der Waals surface area contributed by atoms with Gasteiger partial charge in [0.05, 0.1) is 12.2 Å². The molecule has 2 aliphatic heterocycles. The smallest absolute Gasteiger partial charge is 0.0724 e. The molecule has 3 nitrogen and oxygen atoms in total. The third-order valence-electron chi connectivity index (χ3n) is 9.41. The molecule has 3 aliphatic rings. The summed E-state index contributed by atoms with van der Waals surface area (Å²) in [5.41, 5.74) is 4.10. The average Bonchev–Trinajstić information content (AvgIpc) is 3.59. The number of rotatable bonds is 10. The van der Waals surface area contributed by atoms with Gasteiger partial charge in [0.15, 0.2) is 0 Å². The molecule has 1 aliphatic carbocycles. The first-order valence-electron chi connectivity index (χ1n) is 14.6. The van der Waals surface area contributed by atoms with Crippen LogP contribution in [-0.4, -0.2) is 48.1 Å². The highest BCUT2D eigenvalue weighted by molar-refractivity contribution is 7.08. The molecule has 2 aromatic carbocycles. The molecule has 0 amide bonds. The quantitative estimate of drug-likeness (QED) is 0.238. The highest BCUT2D eigenvalue weighted by Gasteiger charge is 2.41. The maximum atomic E-state index is 6.58. The van der Waals surface area contributed by atoms with Crippen LogP contribution in [0.1, 0.15) is 61.1 Å². The summed E-state index contributed by atoms with van der Waals surface area (Å²) >= 11 is 14.5. The van der Waals surface area contributed by atoms with E-state index in [1.165, 1.54) is 74.8 Å². The zero-order chi connectivity index (χ0) is 26.7. The lowest BCUT2D eigenvalue weighted by molar-refractivity contribution is -0.126. The highest BCUT2D eigenvalue weighted by Crippen LogP contribution is 2.44. The van der Waals surface area contributed by atoms with Crippen molar-refractivity contribution in [2.45, 2.75) is 63.2 Å². The van der Waals surface area contributed by atoms with Gasteiger partial charge in [-0.25, -0.2) is 0 Å². The number of halogens is 2. The Morgan fingerprint density at radius 2 is 1.77 bits per heavy atom. The molecule has 6 rings (SSSR count). The van der Waals surface area contributed by atoms with Crippen LogP contribution in [-0.2, 0) is 17.9 Å². The summed E-state index contributed by atoms with van der Waals surface area (Å²) in [4.78, 5) is 5.34. The zero-order valence-electron chi connectivity index (χ0n) is 22.7. The Balaban J connectivity index is 1.03. The largest absolute Gasteiger partial charge is 0.370 e. The molecule has 208 valence electrons. The van der Waals surface area contributed by atoms with Gasteiger partial charge >= 0.3 is 0 Å². The molecule has 6 heteroatoms. The number of hydrogen-bond acceptors (Lipinski definition) is 4. The fourth-order valence-electron chi connectivity index (χ4n) is 7.05. The van der Waals surface area contributed by atoms with E-state index in [4.69, 9.17) is 27.9 Å². The lowest BCUT2D eigenvalue weighted by atomic mass is 9.72. The minimum absolute atomic E-state index is 0.127. The van der Waals surface area contributed by atoms with Gasteiger partial charge in [-0.3, -0.25) is 4.90 Å². The second-order valence-electron chi connectivity index (χ2n) is 12.1. The van der Waals surface area contributed by atoms with Crippen LogP contribution in [0.25, 0.3) is 0 Å². The van der Waals surface area contributed by atoms with E-state index in [9.17, 15) is 0 Å². The number of likely N-dealkylation sites (tertiary alicyclic amines) is 2. The van der Waals surface area contributed by atoms with Gasteiger partial charge in [0, 0.05) is 42.1 Å². The number of ether oxygens (including phenoxy) is 1. The van der Waals surface area contributed by atoms with E-state index >= 15 is 0 Å². The van der Waals surface area contributed by atoms with Gasteiger partial charge in [0.1, 0.15) is 0 Å². The molecule has 0 spiro atoms. The predicted octanol–water partition coefficient (Wildman–Crippen LogP) is 8.51. The number of thiophene rings is 1. The first-order valence-corrected chi connectivity index (χ1v) is 16.3. The molecular formula is C33H40Cl2N2OS. The third-order valence-corrected chi connectivity index (χ3v) is 10.7. The van der Waals surface area contributed by atoms with Crippen molar-refractivity contribution < 1.29 is 4.74 Å². The summed E-state index contributed by atoms with van der Waals surface area (Å²) in [7, 11) is 0. The molecule has 1 unspecified atom stereocenters. The van der Waals surface area contributed by atoms with Crippen LogP contribution in [0.4, 0.5) is 0 Å². The molecule has 2 saturated heterocycles. The van der Waals surface area contributed by atoms with Crippen molar-refractivity contribution in [2.75, 3.05) is 32.7 Å². The molecule has 3 fully saturated rings. The standard InChI is InChI=1S/C33H40Cl2N2OS/c34-30-8-7-27(32(35)17-30)19-37-21-29(31(22-37)28-11-16-39-24-28)20-36-14-9-25(10-15-36)18-33(12-4-13-33)38-23-26-5-2-1-3-6-26/h1-3,5-8,11,16-17,24-25,29,31H,4,9-10,12-15,18-23H2/t29?,31-/m1/s1. The van der Waals surface area contributed by atoms with Crippen molar-refractivity contribution in [3.8, 4) is 0 Å². The van der Waals surface area contributed by atoms with Crippen LogP contribution in [0.5, 0.6) is 0 Å². The maximum absolute atomic E-state index is 6.58. The number of hydrogen-bond donors (Lipinski definition) is 0. The van der Waals surface area contributed by atoms with Crippen molar-refractivity contribution in [3.63, 3.8) is 0 Å². The molecule has 3 aromatic rings. The molecule has 39 heavy (non-hydrogen) atoms. The van der Waals surface area contributed by atoms with Crippen molar-refractivity contribution in [1.29, 1.82) is 0 Å². The molecule has 2 atom stereocenters. The summed E-state index contributed by atoms with van der Waals surface area (Å²) in [6.45, 7) is 7.48. The summed E-state index contributed by atoms with van der Waals surface area (Å²) in [5, 5.41) is 6.06. The maximum Gasteiger partial charge on any atom is 0.0724 e. The molecule has 3 heterocycles. The molecule has 1 saturated carbocycles. The van der Waals surface area contributed by atoms with E-state index in [2.05, 4.69) is 63.0 Å². The summed E-state index contributed by atoms with van der Waals surface area (Å²) in [6, 6.07) is 18.9. The fraction of sp³-hybridized carbons (Fsp3) is 0.515. The fourth-order valence-corrected chi connectivity index (χ4v) is 8.24. The van der Waals surface area contributed by atoms with Gasteiger partial charge < -0.3 is 9.64 Å². The Morgan fingerprint density at radius 3 is 2.46 bits per heavy atom. The van der Waals surface area contributed by atoms with Crippen molar-refractivity contribution >= 4 is 34.5 Å². The summed E-state index contributed by atoms with van der Waals surface area (Å²) in [5.74, 6) is 2.02. The number of nitrogens with zero attached hydrogens (tertiary/aromatic N) is 2. The number of benzene rings is 2. The molecule has 0 radical (unpaired) electrons. The highest BCUT2D eigenvalue weighted by atomic mass is 35.5. The second-order valence-corrected chi connectivity index (χ2v) is 13.7. The zero-order valence-corrected chi connectivity index (χ0v) is 25.1. The van der Waals surface area contributed by atoms with E-state index in [1.807, 2.05) is 23.5 Å². The molecule has 0 bridgehead atoms. The Hall–Kier alpha value is -1.40. The van der Waals surface area contributed by atoms with E-state index in [-0.39, 0.29) is 5.60 Å². The third kappa shape index (κ3) is 6.92. The van der Waals surface area contributed by atoms with E-state index < -0.39 is 0 Å².